The predicted octanol–water partition coefficient (Wildman–Crippen LogP) is 6.19. The number of likely N-dealkylation sites (tertiary alicyclic amines) is 1. The van der Waals surface area contributed by atoms with Crippen molar-refractivity contribution in [3.05, 3.63) is 75.8 Å². The fourth-order valence-corrected chi connectivity index (χ4v) is 6.27. The van der Waals surface area contributed by atoms with Crippen LogP contribution in [-0.4, -0.2) is 23.9 Å². The van der Waals surface area contributed by atoms with E-state index in [9.17, 15) is 4.79 Å². The third kappa shape index (κ3) is 4.06. The van der Waals surface area contributed by atoms with Crippen molar-refractivity contribution < 1.29 is 13.6 Å². The normalized spacial score (nSPS) is 17.8. The van der Waals surface area contributed by atoms with Gasteiger partial charge in [0, 0.05) is 16.0 Å². The van der Waals surface area contributed by atoms with Gasteiger partial charge in [-0.1, -0.05) is 24.6 Å². The molecular weight excluding hydrogens is 411 g/mol. The third-order valence-electron chi connectivity index (χ3n) is 6.41. The molecule has 3 heterocycles. The summed E-state index contributed by atoms with van der Waals surface area (Å²) in [5.74, 6) is -0.148. The zero-order chi connectivity index (χ0) is 21.2. The number of aryl methyl sites for hydroxylation is 1. The molecule has 162 valence electrons. The van der Waals surface area contributed by atoms with Crippen molar-refractivity contribution in [3.63, 3.8) is 0 Å². The summed E-state index contributed by atoms with van der Waals surface area (Å²) in [5.41, 5.74) is 3.10. The lowest BCUT2D eigenvalue weighted by Crippen LogP contribution is -2.35. The molecule has 1 aromatic carbocycles. The summed E-state index contributed by atoms with van der Waals surface area (Å²) in [6.45, 7) is 1.88. The second-order valence-electron chi connectivity index (χ2n) is 8.41. The van der Waals surface area contributed by atoms with Crippen LogP contribution in [0.3, 0.4) is 0 Å². The van der Waals surface area contributed by atoms with Crippen molar-refractivity contribution in [1.29, 1.82) is 0 Å². The molecule has 0 bridgehead atoms. The van der Waals surface area contributed by atoms with Gasteiger partial charge in [-0.2, -0.15) is 0 Å². The fraction of sp³-hybridized carbons (Fsp3) is 0.400. The van der Waals surface area contributed by atoms with Gasteiger partial charge in [-0.25, -0.2) is 4.39 Å². The van der Waals surface area contributed by atoms with Gasteiger partial charge in [0.25, 0.3) is 5.91 Å². The first-order valence-electron chi connectivity index (χ1n) is 11.2. The SMILES string of the molecule is O=C(Nc1sc2c(c1C(c1ccccc1F)N1CCCCC1)CCCC2)c1ccco1. The number of furan rings is 1. The minimum absolute atomic E-state index is 0.183. The number of thiophene rings is 1. The third-order valence-corrected chi connectivity index (χ3v) is 7.64. The Bertz CT molecular complexity index is 1050. The Morgan fingerprint density at radius 1 is 1.03 bits per heavy atom. The van der Waals surface area contributed by atoms with E-state index in [1.807, 2.05) is 12.1 Å². The van der Waals surface area contributed by atoms with Crippen LogP contribution < -0.4 is 5.32 Å². The number of rotatable bonds is 5. The van der Waals surface area contributed by atoms with Crippen LogP contribution in [0.2, 0.25) is 0 Å². The van der Waals surface area contributed by atoms with E-state index in [4.69, 9.17) is 4.42 Å². The van der Waals surface area contributed by atoms with E-state index in [1.54, 1.807) is 35.6 Å². The molecular formula is C25H27FN2O2S. The molecule has 1 aliphatic heterocycles. The Hall–Kier alpha value is -2.44. The van der Waals surface area contributed by atoms with Gasteiger partial charge in [-0.15, -0.1) is 11.3 Å². The summed E-state index contributed by atoms with van der Waals surface area (Å²) in [5, 5.41) is 3.96. The van der Waals surface area contributed by atoms with Gasteiger partial charge in [0.1, 0.15) is 10.8 Å². The highest BCUT2D eigenvalue weighted by Gasteiger charge is 2.34. The molecule has 5 rings (SSSR count). The maximum atomic E-state index is 15.1. The Labute approximate surface area is 186 Å². The van der Waals surface area contributed by atoms with Gasteiger partial charge >= 0.3 is 0 Å². The molecule has 0 saturated carbocycles. The van der Waals surface area contributed by atoms with Gasteiger partial charge < -0.3 is 9.73 Å². The molecule has 1 fully saturated rings. The van der Waals surface area contributed by atoms with Crippen LogP contribution in [0.15, 0.2) is 47.1 Å². The number of amides is 1. The van der Waals surface area contributed by atoms with Gasteiger partial charge in [-0.3, -0.25) is 9.69 Å². The molecule has 1 amide bonds. The minimum atomic E-state index is -0.254. The number of carbonyl (C=O) groups is 1. The van der Waals surface area contributed by atoms with E-state index in [1.165, 1.54) is 23.1 Å². The van der Waals surface area contributed by atoms with Gasteiger partial charge in [0.15, 0.2) is 5.76 Å². The van der Waals surface area contributed by atoms with Gasteiger partial charge in [0.05, 0.1) is 12.3 Å². The van der Waals surface area contributed by atoms with E-state index < -0.39 is 0 Å². The largest absolute Gasteiger partial charge is 0.459 e. The van der Waals surface area contributed by atoms with Crippen molar-refractivity contribution in [3.8, 4) is 0 Å². The summed E-state index contributed by atoms with van der Waals surface area (Å²) in [6.07, 6.45) is 9.25. The van der Waals surface area contributed by atoms with Crippen LogP contribution in [0.1, 0.15) is 70.3 Å². The van der Waals surface area contributed by atoms with Crippen LogP contribution in [0.4, 0.5) is 9.39 Å². The number of halogens is 1. The minimum Gasteiger partial charge on any atom is -0.459 e. The number of nitrogens with one attached hydrogen (secondary N) is 1. The smallest absolute Gasteiger partial charge is 0.291 e. The van der Waals surface area contributed by atoms with E-state index in [-0.39, 0.29) is 23.5 Å². The monoisotopic (exact) mass is 438 g/mol. The lowest BCUT2D eigenvalue weighted by atomic mass is 9.88. The highest BCUT2D eigenvalue weighted by Crippen LogP contribution is 2.46. The molecule has 31 heavy (non-hydrogen) atoms. The second-order valence-corrected chi connectivity index (χ2v) is 9.51. The number of benzene rings is 1. The van der Waals surface area contributed by atoms with E-state index in [0.717, 1.165) is 62.2 Å². The lowest BCUT2D eigenvalue weighted by molar-refractivity contribution is 0.0996. The van der Waals surface area contributed by atoms with E-state index in [0.29, 0.717) is 5.56 Å². The molecule has 2 aromatic heterocycles. The maximum absolute atomic E-state index is 15.1. The second kappa shape index (κ2) is 8.97. The van der Waals surface area contributed by atoms with Crippen LogP contribution in [-0.2, 0) is 12.8 Å². The number of hydrogen-bond donors (Lipinski definition) is 1. The van der Waals surface area contributed by atoms with Crippen LogP contribution in [0.5, 0.6) is 0 Å². The number of fused-ring (bicyclic) bond motifs is 1. The number of piperidine rings is 1. The van der Waals surface area contributed by atoms with Gasteiger partial charge in [-0.05, 0) is 75.4 Å². The summed E-state index contributed by atoms with van der Waals surface area (Å²) in [6, 6.07) is 10.3. The van der Waals surface area contributed by atoms with E-state index >= 15 is 4.39 Å². The van der Waals surface area contributed by atoms with Crippen LogP contribution in [0, 0.1) is 5.82 Å². The van der Waals surface area contributed by atoms with Crippen molar-refractivity contribution in [1.82, 2.24) is 4.90 Å². The summed E-state index contributed by atoms with van der Waals surface area (Å²) in [4.78, 5) is 16.6. The summed E-state index contributed by atoms with van der Waals surface area (Å²) in [7, 11) is 0. The first-order chi connectivity index (χ1) is 15.2. The topological polar surface area (TPSA) is 45.5 Å². The average Bonchev–Trinajstić information content (AvgIpc) is 3.45. The Morgan fingerprint density at radius 3 is 2.61 bits per heavy atom. The number of hydrogen-bond acceptors (Lipinski definition) is 4. The zero-order valence-corrected chi connectivity index (χ0v) is 18.3. The fourth-order valence-electron chi connectivity index (χ4n) is 4.95. The van der Waals surface area contributed by atoms with Crippen molar-refractivity contribution in [2.24, 2.45) is 0 Å². The highest BCUT2D eigenvalue weighted by molar-refractivity contribution is 7.16. The molecule has 1 aliphatic carbocycles. The van der Waals surface area contributed by atoms with E-state index in [2.05, 4.69) is 10.2 Å². The molecule has 0 spiro atoms. The summed E-state index contributed by atoms with van der Waals surface area (Å²) < 4.78 is 20.4. The molecule has 1 saturated heterocycles. The van der Waals surface area contributed by atoms with Crippen molar-refractivity contribution >= 4 is 22.2 Å². The molecule has 0 radical (unpaired) electrons. The molecule has 3 aromatic rings. The van der Waals surface area contributed by atoms with Crippen molar-refractivity contribution in [2.45, 2.75) is 51.0 Å². The molecule has 6 heteroatoms. The maximum Gasteiger partial charge on any atom is 0.291 e. The summed E-state index contributed by atoms with van der Waals surface area (Å²) >= 11 is 1.66. The number of carbonyl (C=O) groups excluding carboxylic acids is 1. The highest BCUT2D eigenvalue weighted by atomic mass is 32.1. The van der Waals surface area contributed by atoms with Crippen LogP contribution in [0.25, 0.3) is 0 Å². The van der Waals surface area contributed by atoms with Gasteiger partial charge in [0.2, 0.25) is 0 Å². The molecule has 1 atom stereocenters. The zero-order valence-electron chi connectivity index (χ0n) is 17.5. The first-order valence-corrected chi connectivity index (χ1v) is 12.0. The number of anilines is 1. The quantitative estimate of drug-likeness (QED) is 0.517. The molecule has 2 aliphatic rings. The lowest BCUT2D eigenvalue weighted by Gasteiger charge is -2.36. The molecule has 4 nitrogen and oxygen atoms in total. The van der Waals surface area contributed by atoms with Crippen LogP contribution >= 0.6 is 11.3 Å². The average molecular weight is 439 g/mol. The Kier molecular flexibility index (Phi) is 5.92. The Balaban J connectivity index is 1.63. The van der Waals surface area contributed by atoms with Crippen molar-refractivity contribution in [2.75, 3.05) is 18.4 Å². The Morgan fingerprint density at radius 2 is 1.84 bits per heavy atom. The molecule has 1 unspecified atom stereocenters. The predicted molar refractivity (Wildman–Crippen MR) is 121 cm³/mol. The number of nitrogens with zero attached hydrogens (tertiary/aromatic N) is 1. The molecule has 1 N–H and O–H groups in total. The first kappa shape index (κ1) is 20.5. The standard InChI is InChI=1S/C25H27FN2O2S/c26-19-11-4-2-9-17(19)23(28-14-6-1-7-15-28)22-18-10-3-5-13-21(18)31-25(22)27-24(29)20-12-8-16-30-20/h2,4,8-9,11-12,16,23H,1,3,5-7,10,13-15H2,(H,27,29).